The quantitative estimate of drug-likeness (QED) is 0.789. The molecular formula is C22H28N2O4. The molecule has 1 aliphatic rings. The van der Waals surface area contributed by atoms with Gasteiger partial charge in [0.05, 0.1) is 12.3 Å². The van der Waals surface area contributed by atoms with Gasteiger partial charge in [0.15, 0.2) is 5.75 Å². The predicted octanol–water partition coefficient (Wildman–Crippen LogP) is 4.04. The first-order chi connectivity index (χ1) is 13.5. The van der Waals surface area contributed by atoms with Crippen LogP contribution in [0.3, 0.4) is 0 Å². The van der Waals surface area contributed by atoms with E-state index in [1.807, 2.05) is 55.5 Å². The topological polar surface area (TPSA) is 71.0 Å². The molecule has 28 heavy (non-hydrogen) atoms. The SMILES string of the molecule is Cc1cccc(Oc2ccccc2NC(=O)N(C)CC2(CO)CCOCC2)c1. The van der Waals surface area contributed by atoms with Crippen LogP contribution >= 0.6 is 0 Å². The van der Waals surface area contributed by atoms with Gasteiger partial charge < -0.3 is 24.8 Å². The van der Waals surface area contributed by atoms with E-state index in [-0.39, 0.29) is 18.1 Å². The summed E-state index contributed by atoms with van der Waals surface area (Å²) in [5.74, 6) is 1.30. The number of carbonyl (C=O) groups is 1. The van der Waals surface area contributed by atoms with Crippen molar-refractivity contribution < 1.29 is 19.4 Å². The average Bonchev–Trinajstić information content (AvgIpc) is 2.70. The third kappa shape index (κ3) is 5.03. The second kappa shape index (κ2) is 9.08. The van der Waals surface area contributed by atoms with Crippen molar-refractivity contribution in [3.05, 3.63) is 54.1 Å². The van der Waals surface area contributed by atoms with Crippen LogP contribution in [0, 0.1) is 12.3 Å². The Kier molecular flexibility index (Phi) is 6.54. The van der Waals surface area contributed by atoms with Crippen molar-refractivity contribution in [2.45, 2.75) is 19.8 Å². The van der Waals surface area contributed by atoms with Gasteiger partial charge in [-0.05, 0) is 49.6 Å². The summed E-state index contributed by atoms with van der Waals surface area (Å²) < 4.78 is 11.4. The fourth-order valence-corrected chi connectivity index (χ4v) is 3.42. The molecule has 0 radical (unpaired) electrons. The lowest BCUT2D eigenvalue weighted by Gasteiger charge is -2.38. The molecule has 0 bridgehead atoms. The van der Waals surface area contributed by atoms with Crippen LogP contribution in [0.2, 0.25) is 0 Å². The Hall–Kier alpha value is -2.57. The number of aryl methyl sites for hydroxylation is 1. The van der Waals surface area contributed by atoms with E-state index in [0.29, 0.717) is 31.2 Å². The van der Waals surface area contributed by atoms with Gasteiger partial charge in [-0.25, -0.2) is 4.79 Å². The van der Waals surface area contributed by atoms with Gasteiger partial charge >= 0.3 is 6.03 Å². The summed E-state index contributed by atoms with van der Waals surface area (Å²) in [6.45, 7) is 3.75. The van der Waals surface area contributed by atoms with E-state index in [4.69, 9.17) is 9.47 Å². The minimum absolute atomic E-state index is 0.0427. The third-order valence-corrected chi connectivity index (χ3v) is 5.15. The first-order valence-electron chi connectivity index (χ1n) is 9.56. The van der Waals surface area contributed by atoms with Gasteiger partial charge in [0.2, 0.25) is 0 Å². The maximum absolute atomic E-state index is 12.7. The van der Waals surface area contributed by atoms with Crippen molar-refractivity contribution in [2.75, 3.05) is 38.7 Å². The second-order valence-corrected chi connectivity index (χ2v) is 7.47. The van der Waals surface area contributed by atoms with Crippen molar-refractivity contribution >= 4 is 11.7 Å². The molecule has 2 N–H and O–H groups in total. The molecule has 1 saturated heterocycles. The molecule has 2 amide bonds. The number of carbonyl (C=O) groups excluding carboxylic acids is 1. The summed E-state index contributed by atoms with van der Waals surface area (Å²) in [6.07, 6.45) is 1.49. The summed E-state index contributed by atoms with van der Waals surface area (Å²) in [5.41, 5.74) is 1.40. The molecule has 2 aromatic carbocycles. The molecule has 0 aliphatic carbocycles. The van der Waals surface area contributed by atoms with Crippen molar-refractivity contribution in [3.63, 3.8) is 0 Å². The summed E-state index contributed by atoms with van der Waals surface area (Å²) in [5, 5.41) is 12.8. The minimum atomic E-state index is -0.304. The molecule has 0 saturated carbocycles. The fraction of sp³-hybridized carbons (Fsp3) is 0.409. The Balaban J connectivity index is 1.68. The Morgan fingerprint density at radius 2 is 1.96 bits per heavy atom. The van der Waals surface area contributed by atoms with Gasteiger partial charge in [0.25, 0.3) is 0 Å². The zero-order valence-corrected chi connectivity index (χ0v) is 16.5. The van der Waals surface area contributed by atoms with Crippen molar-refractivity contribution in [3.8, 4) is 11.5 Å². The van der Waals surface area contributed by atoms with Gasteiger partial charge in [-0.3, -0.25) is 0 Å². The van der Waals surface area contributed by atoms with Crippen LogP contribution in [0.4, 0.5) is 10.5 Å². The first-order valence-corrected chi connectivity index (χ1v) is 9.56. The van der Waals surface area contributed by atoms with Crippen molar-refractivity contribution in [2.24, 2.45) is 5.41 Å². The summed E-state index contributed by atoms with van der Waals surface area (Å²) in [6, 6.07) is 14.9. The van der Waals surface area contributed by atoms with E-state index < -0.39 is 0 Å². The molecule has 150 valence electrons. The Bertz CT molecular complexity index is 803. The maximum Gasteiger partial charge on any atom is 0.321 e. The van der Waals surface area contributed by atoms with Crippen LogP contribution < -0.4 is 10.1 Å². The van der Waals surface area contributed by atoms with Gasteiger partial charge in [-0.15, -0.1) is 0 Å². The highest BCUT2D eigenvalue weighted by molar-refractivity contribution is 5.90. The molecule has 0 aromatic heterocycles. The number of amides is 2. The van der Waals surface area contributed by atoms with Gasteiger partial charge in [-0.1, -0.05) is 24.3 Å². The molecule has 0 unspecified atom stereocenters. The molecule has 2 aromatic rings. The van der Waals surface area contributed by atoms with Crippen molar-refractivity contribution in [1.29, 1.82) is 0 Å². The highest BCUT2D eigenvalue weighted by Gasteiger charge is 2.34. The molecule has 3 rings (SSSR count). The van der Waals surface area contributed by atoms with Crippen LogP contribution in [0.15, 0.2) is 48.5 Å². The Morgan fingerprint density at radius 3 is 2.68 bits per heavy atom. The number of hydrogen-bond donors (Lipinski definition) is 2. The average molecular weight is 384 g/mol. The van der Waals surface area contributed by atoms with Crippen LogP contribution in [0.1, 0.15) is 18.4 Å². The zero-order chi connectivity index (χ0) is 20.0. The fourth-order valence-electron chi connectivity index (χ4n) is 3.42. The van der Waals surface area contributed by atoms with E-state index >= 15 is 0 Å². The smallest absolute Gasteiger partial charge is 0.321 e. The van der Waals surface area contributed by atoms with Crippen molar-refractivity contribution in [1.82, 2.24) is 4.90 Å². The molecule has 6 nitrogen and oxygen atoms in total. The number of hydrogen-bond acceptors (Lipinski definition) is 4. The number of benzene rings is 2. The molecule has 1 aliphatic heterocycles. The van der Waals surface area contributed by atoms with Crippen LogP contribution in [-0.4, -0.2) is 49.5 Å². The number of rotatable bonds is 6. The normalized spacial score (nSPS) is 15.7. The lowest BCUT2D eigenvalue weighted by molar-refractivity contribution is -0.0255. The van der Waals surface area contributed by atoms with Crippen LogP contribution in [0.25, 0.3) is 0 Å². The number of nitrogens with one attached hydrogen (secondary N) is 1. The number of nitrogens with zero attached hydrogens (tertiary/aromatic N) is 1. The lowest BCUT2D eigenvalue weighted by Crippen LogP contribution is -2.45. The van der Waals surface area contributed by atoms with Gasteiger partial charge in [0, 0.05) is 32.2 Å². The van der Waals surface area contributed by atoms with Crippen LogP contribution in [0.5, 0.6) is 11.5 Å². The van der Waals surface area contributed by atoms with Gasteiger partial charge in [-0.2, -0.15) is 0 Å². The largest absolute Gasteiger partial charge is 0.455 e. The summed E-state index contributed by atoms with van der Waals surface area (Å²) >= 11 is 0. The van der Waals surface area contributed by atoms with Gasteiger partial charge in [0.1, 0.15) is 5.75 Å². The van der Waals surface area contributed by atoms with E-state index in [0.717, 1.165) is 24.2 Å². The number of para-hydroxylation sites is 2. The van der Waals surface area contributed by atoms with E-state index in [9.17, 15) is 9.90 Å². The number of aliphatic hydroxyl groups is 1. The first kappa shape index (κ1) is 20.2. The zero-order valence-electron chi connectivity index (χ0n) is 16.5. The summed E-state index contributed by atoms with van der Waals surface area (Å²) in [4.78, 5) is 14.4. The molecule has 6 heteroatoms. The highest BCUT2D eigenvalue weighted by atomic mass is 16.5. The number of aliphatic hydroxyl groups excluding tert-OH is 1. The Labute approximate surface area is 166 Å². The molecule has 0 spiro atoms. The molecular weight excluding hydrogens is 356 g/mol. The third-order valence-electron chi connectivity index (χ3n) is 5.15. The Morgan fingerprint density at radius 1 is 1.21 bits per heavy atom. The standard InChI is InChI=1S/C22H28N2O4/c1-17-6-5-7-18(14-17)28-20-9-4-3-8-19(20)23-21(26)24(2)15-22(16-25)10-12-27-13-11-22/h3-9,14,25H,10-13,15-16H2,1-2H3,(H,23,26). The number of anilines is 1. The predicted molar refractivity (Wildman–Crippen MR) is 109 cm³/mol. The number of ether oxygens (including phenoxy) is 2. The lowest BCUT2D eigenvalue weighted by atomic mass is 9.80. The second-order valence-electron chi connectivity index (χ2n) is 7.47. The number of urea groups is 1. The minimum Gasteiger partial charge on any atom is -0.455 e. The maximum atomic E-state index is 12.7. The molecule has 0 atom stereocenters. The highest BCUT2D eigenvalue weighted by Crippen LogP contribution is 2.32. The molecule has 1 heterocycles. The van der Waals surface area contributed by atoms with E-state index in [2.05, 4.69) is 5.32 Å². The summed E-state index contributed by atoms with van der Waals surface area (Å²) in [7, 11) is 1.74. The van der Waals surface area contributed by atoms with Crippen LogP contribution in [-0.2, 0) is 4.74 Å². The monoisotopic (exact) mass is 384 g/mol. The van der Waals surface area contributed by atoms with E-state index in [1.165, 1.54) is 0 Å². The molecule has 1 fully saturated rings. The van der Waals surface area contributed by atoms with E-state index in [1.54, 1.807) is 11.9 Å².